The van der Waals surface area contributed by atoms with Crippen molar-refractivity contribution in [1.82, 2.24) is 5.32 Å². The van der Waals surface area contributed by atoms with E-state index in [9.17, 15) is 4.79 Å². The highest BCUT2D eigenvalue weighted by Gasteiger charge is 2.16. The van der Waals surface area contributed by atoms with Crippen molar-refractivity contribution in [2.45, 2.75) is 19.9 Å². The molecule has 1 rings (SSSR count). The molecule has 0 aromatic heterocycles. The number of carbonyl (C=O) groups is 1. The molecule has 0 fully saturated rings. The fraction of sp³-hybridized carbons (Fsp3) is 0.462. The normalized spacial score (nSPS) is 14.1. The van der Waals surface area contributed by atoms with Gasteiger partial charge in [-0.3, -0.25) is 4.79 Å². The summed E-state index contributed by atoms with van der Waals surface area (Å²) in [6.07, 6.45) is 2.00. The maximum Gasteiger partial charge on any atom is 0.224 e. The number of nitrogen functional groups attached to an aromatic ring is 1. The zero-order valence-corrected chi connectivity index (χ0v) is 11.4. The van der Waals surface area contributed by atoms with Crippen molar-refractivity contribution in [3.05, 3.63) is 29.8 Å². The van der Waals surface area contributed by atoms with Crippen molar-refractivity contribution in [1.29, 1.82) is 0 Å². The van der Waals surface area contributed by atoms with Crippen LogP contribution >= 0.6 is 11.8 Å². The minimum absolute atomic E-state index is 0.0254. The summed E-state index contributed by atoms with van der Waals surface area (Å²) in [7, 11) is 0. The van der Waals surface area contributed by atoms with Gasteiger partial charge in [-0.25, -0.2) is 0 Å². The molecular weight excluding hydrogens is 232 g/mol. The van der Waals surface area contributed by atoms with Gasteiger partial charge in [0, 0.05) is 17.4 Å². The molecule has 17 heavy (non-hydrogen) atoms. The van der Waals surface area contributed by atoms with Crippen LogP contribution in [0.1, 0.15) is 25.5 Å². The molecule has 94 valence electrons. The zero-order valence-electron chi connectivity index (χ0n) is 10.6. The van der Waals surface area contributed by atoms with E-state index in [2.05, 4.69) is 5.32 Å². The number of hydrogen-bond donors (Lipinski definition) is 2. The number of benzene rings is 1. The summed E-state index contributed by atoms with van der Waals surface area (Å²) in [5.41, 5.74) is 7.57. The second kappa shape index (κ2) is 6.55. The van der Waals surface area contributed by atoms with E-state index in [-0.39, 0.29) is 17.9 Å². The monoisotopic (exact) mass is 252 g/mol. The van der Waals surface area contributed by atoms with E-state index in [4.69, 9.17) is 5.73 Å². The summed E-state index contributed by atoms with van der Waals surface area (Å²) in [5.74, 6) is 0.940. The Labute approximate surface area is 107 Å². The third-order valence-corrected chi connectivity index (χ3v) is 3.52. The highest BCUT2D eigenvalue weighted by Crippen LogP contribution is 2.19. The van der Waals surface area contributed by atoms with Crippen LogP contribution in [0.5, 0.6) is 0 Å². The molecule has 0 aliphatic carbocycles. The number of thioether (sulfide) groups is 1. The Balaban J connectivity index is 2.63. The number of nitrogens with two attached hydrogens (primary N) is 1. The summed E-state index contributed by atoms with van der Waals surface area (Å²) in [6, 6.07) is 7.57. The average Bonchev–Trinajstić information content (AvgIpc) is 2.29. The molecule has 1 amide bonds. The van der Waals surface area contributed by atoms with E-state index in [0.717, 1.165) is 17.0 Å². The number of rotatable bonds is 5. The molecule has 4 heteroatoms. The van der Waals surface area contributed by atoms with Crippen LogP contribution in [0.4, 0.5) is 5.69 Å². The van der Waals surface area contributed by atoms with Gasteiger partial charge in [0.2, 0.25) is 5.91 Å². The van der Waals surface area contributed by atoms with Crippen LogP contribution in [0.25, 0.3) is 0 Å². The van der Waals surface area contributed by atoms with Gasteiger partial charge in [-0.15, -0.1) is 0 Å². The fourth-order valence-corrected chi connectivity index (χ4v) is 2.32. The number of nitrogens with one attached hydrogen (secondary N) is 1. The van der Waals surface area contributed by atoms with Gasteiger partial charge in [-0.05, 0) is 24.8 Å². The van der Waals surface area contributed by atoms with E-state index >= 15 is 0 Å². The highest BCUT2D eigenvalue weighted by atomic mass is 32.2. The minimum Gasteiger partial charge on any atom is -0.398 e. The van der Waals surface area contributed by atoms with Crippen LogP contribution in [-0.2, 0) is 4.79 Å². The molecule has 3 nitrogen and oxygen atoms in total. The maximum atomic E-state index is 11.9. The van der Waals surface area contributed by atoms with Gasteiger partial charge < -0.3 is 11.1 Å². The van der Waals surface area contributed by atoms with Gasteiger partial charge in [0.15, 0.2) is 0 Å². The van der Waals surface area contributed by atoms with E-state index in [1.165, 1.54) is 0 Å². The number of amides is 1. The molecule has 2 unspecified atom stereocenters. The third kappa shape index (κ3) is 3.97. The van der Waals surface area contributed by atoms with Crippen molar-refractivity contribution in [3.8, 4) is 0 Å². The molecule has 0 radical (unpaired) electrons. The largest absolute Gasteiger partial charge is 0.398 e. The fourth-order valence-electron chi connectivity index (χ4n) is 1.66. The van der Waals surface area contributed by atoms with E-state index < -0.39 is 0 Å². The van der Waals surface area contributed by atoms with Crippen molar-refractivity contribution >= 4 is 23.4 Å². The van der Waals surface area contributed by atoms with Gasteiger partial charge in [0.25, 0.3) is 0 Å². The Bertz CT molecular complexity index is 381. The van der Waals surface area contributed by atoms with Gasteiger partial charge in [-0.1, -0.05) is 25.1 Å². The van der Waals surface area contributed by atoms with Crippen LogP contribution in [0, 0.1) is 5.92 Å². The first kappa shape index (κ1) is 13.9. The molecule has 0 spiro atoms. The molecule has 2 atom stereocenters. The summed E-state index contributed by atoms with van der Waals surface area (Å²) in [6.45, 7) is 3.89. The summed E-state index contributed by atoms with van der Waals surface area (Å²) in [5, 5.41) is 2.99. The first-order valence-electron chi connectivity index (χ1n) is 5.70. The van der Waals surface area contributed by atoms with Crippen LogP contribution in [0.2, 0.25) is 0 Å². The second-order valence-corrected chi connectivity index (χ2v) is 5.13. The molecule has 0 aliphatic heterocycles. The van der Waals surface area contributed by atoms with Gasteiger partial charge in [0.1, 0.15) is 0 Å². The van der Waals surface area contributed by atoms with Gasteiger partial charge in [-0.2, -0.15) is 11.8 Å². The molecule has 1 aromatic carbocycles. The molecule has 0 bridgehead atoms. The molecular formula is C13H20N2OS. The van der Waals surface area contributed by atoms with Crippen LogP contribution < -0.4 is 11.1 Å². The van der Waals surface area contributed by atoms with Crippen LogP contribution in [0.15, 0.2) is 24.3 Å². The Kier molecular flexibility index (Phi) is 5.35. The topological polar surface area (TPSA) is 55.1 Å². The van der Waals surface area contributed by atoms with Crippen molar-refractivity contribution in [3.63, 3.8) is 0 Å². The summed E-state index contributed by atoms with van der Waals surface area (Å²) >= 11 is 1.68. The van der Waals surface area contributed by atoms with Gasteiger partial charge >= 0.3 is 0 Å². The van der Waals surface area contributed by atoms with Crippen LogP contribution in [-0.4, -0.2) is 17.9 Å². The third-order valence-electron chi connectivity index (χ3n) is 2.69. The SMILES string of the molecule is CSCC(C)C(=O)NC(C)c1ccccc1N. The lowest BCUT2D eigenvalue weighted by atomic mass is 10.1. The second-order valence-electron chi connectivity index (χ2n) is 4.22. The lowest BCUT2D eigenvalue weighted by molar-refractivity contribution is -0.124. The zero-order chi connectivity index (χ0) is 12.8. The van der Waals surface area contributed by atoms with Crippen molar-refractivity contribution < 1.29 is 4.79 Å². The predicted molar refractivity (Wildman–Crippen MR) is 75.0 cm³/mol. The molecule has 1 aromatic rings. The Morgan fingerprint density at radius 3 is 2.65 bits per heavy atom. The molecule has 3 N–H and O–H groups in total. The number of para-hydroxylation sites is 1. The first-order valence-corrected chi connectivity index (χ1v) is 7.09. The molecule has 0 saturated heterocycles. The van der Waals surface area contributed by atoms with E-state index in [0.29, 0.717) is 0 Å². The quantitative estimate of drug-likeness (QED) is 0.791. The highest BCUT2D eigenvalue weighted by molar-refractivity contribution is 7.98. The van der Waals surface area contributed by atoms with E-state index in [1.54, 1.807) is 11.8 Å². The lowest BCUT2D eigenvalue weighted by Crippen LogP contribution is -2.32. The standard InChI is InChI=1S/C13H20N2OS/c1-9(8-17-3)13(16)15-10(2)11-6-4-5-7-12(11)14/h4-7,9-10H,8,14H2,1-3H3,(H,15,16). The van der Waals surface area contributed by atoms with Crippen molar-refractivity contribution in [2.75, 3.05) is 17.7 Å². The number of carbonyl (C=O) groups excluding carboxylic acids is 1. The summed E-state index contributed by atoms with van der Waals surface area (Å²) in [4.78, 5) is 11.9. The van der Waals surface area contributed by atoms with Crippen molar-refractivity contribution in [2.24, 2.45) is 5.92 Å². The molecule has 0 aliphatic rings. The Hall–Kier alpha value is -1.16. The van der Waals surface area contributed by atoms with E-state index in [1.807, 2.05) is 44.4 Å². The molecule has 0 saturated carbocycles. The number of anilines is 1. The van der Waals surface area contributed by atoms with Gasteiger partial charge in [0.05, 0.1) is 6.04 Å². The summed E-state index contributed by atoms with van der Waals surface area (Å²) < 4.78 is 0. The first-order chi connectivity index (χ1) is 8.06. The predicted octanol–water partition coefficient (Wildman–Crippen LogP) is 2.45. The Morgan fingerprint density at radius 1 is 1.41 bits per heavy atom. The van der Waals surface area contributed by atoms with Crippen LogP contribution in [0.3, 0.4) is 0 Å². The minimum atomic E-state index is -0.0481. The smallest absolute Gasteiger partial charge is 0.224 e. The average molecular weight is 252 g/mol. The number of hydrogen-bond acceptors (Lipinski definition) is 3. The molecule has 0 heterocycles. The maximum absolute atomic E-state index is 11.9. The Morgan fingerprint density at radius 2 is 2.06 bits per heavy atom. The lowest BCUT2D eigenvalue weighted by Gasteiger charge is -2.18.